The molecule has 1 aromatic carbocycles. The number of alkyl halides is 3. The summed E-state index contributed by atoms with van der Waals surface area (Å²) in [5.41, 5.74) is -1.90. The molecule has 0 saturated carbocycles. The lowest BCUT2D eigenvalue weighted by Gasteiger charge is -2.12. The molecule has 0 bridgehead atoms. The minimum absolute atomic E-state index is 0.0436. The summed E-state index contributed by atoms with van der Waals surface area (Å²) in [6.07, 6.45) is -3.64. The molecule has 0 aliphatic carbocycles. The van der Waals surface area contributed by atoms with E-state index in [2.05, 4.69) is 25.7 Å². The third-order valence-corrected chi connectivity index (χ3v) is 3.45. The molecular formula is C15H11F5N6O. The van der Waals surface area contributed by atoms with Crippen LogP contribution in [0, 0.1) is 11.6 Å². The summed E-state index contributed by atoms with van der Waals surface area (Å²) >= 11 is 0. The molecule has 2 heterocycles. The highest BCUT2D eigenvalue weighted by Crippen LogP contribution is 2.29. The number of hydrogen-bond acceptors (Lipinski definition) is 5. The molecule has 0 fully saturated rings. The lowest BCUT2D eigenvalue weighted by molar-refractivity contribution is -0.141. The lowest BCUT2D eigenvalue weighted by Crippen LogP contribution is -2.30. The first-order valence-corrected chi connectivity index (χ1v) is 7.51. The number of aromatic nitrogens is 4. The molecule has 0 radical (unpaired) electrons. The van der Waals surface area contributed by atoms with Gasteiger partial charge in [-0.15, -0.1) is 0 Å². The normalized spacial score (nSPS) is 11.6. The molecule has 0 saturated heterocycles. The zero-order chi connectivity index (χ0) is 19.6. The number of benzene rings is 1. The number of nitrogens with zero attached hydrogens (tertiary/aromatic N) is 4. The van der Waals surface area contributed by atoms with Crippen LogP contribution in [0.1, 0.15) is 16.1 Å². The molecule has 12 heteroatoms. The van der Waals surface area contributed by atoms with Gasteiger partial charge in [0.2, 0.25) is 0 Å². The van der Waals surface area contributed by atoms with Crippen LogP contribution in [-0.2, 0) is 6.18 Å². The Morgan fingerprint density at radius 1 is 1.15 bits per heavy atom. The smallest absolute Gasteiger partial charge is 0.368 e. The molecule has 142 valence electrons. The van der Waals surface area contributed by atoms with Crippen molar-refractivity contribution >= 4 is 17.5 Å². The Morgan fingerprint density at radius 2 is 1.85 bits per heavy atom. The summed E-state index contributed by atoms with van der Waals surface area (Å²) in [7, 11) is 0. The highest BCUT2D eigenvalue weighted by atomic mass is 19.4. The van der Waals surface area contributed by atoms with Gasteiger partial charge in [-0.1, -0.05) is 6.07 Å². The van der Waals surface area contributed by atoms with Gasteiger partial charge in [0.05, 0.1) is 0 Å². The number of anilines is 1. The number of fused-ring (bicyclic) bond motifs is 1. The van der Waals surface area contributed by atoms with Crippen LogP contribution in [0.25, 0.3) is 5.78 Å². The highest BCUT2D eigenvalue weighted by molar-refractivity contribution is 5.94. The van der Waals surface area contributed by atoms with Gasteiger partial charge in [-0.05, 0) is 12.1 Å². The SMILES string of the molecule is O=C(NCCNc1cc(C(F)(F)F)nc2ncnn12)c1c(F)cccc1F. The Kier molecular flexibility index (Phi) is 4.88. The molecule has 0 aliphatic heterocycles. The Bertz CT molecular complexity index is 966. The standard InChI is InChI=1S/C15H11F5N6O/c16-8-2-1-3-9(17)12(8)13(27)22-5-4-21-11-6-10(15(18,19)20)25-14-23-7-24-26(11)14/h1-3,6-7,21H,4-5H2,(H,22,27). The summed E-state index contributed by atoms with van der Waals surface area (Å²) in [5, 5.41) is 8.67. The molecule has 3 aromatic rings. The molecule has 0 atom stereocenters. The topological polar surface area (TPSA) is 84.2 Å². The van der Waals surface area contributed by atoms with E-state index >= 15 is 0 Å². The maximum Gasteiger partial charge on any atom is 0.433 e. The minimum atomic E-state index is -4.68. The molecule has 2 aromatic heterocycles. The van der Waals surface area contributed by atoms with Crippen molar-refractivity contribution in [2.24, 2.45) is 0 Å². The first-order valence-electron chi connectivity index (χ1n) is 7.51. The highest BCUT2D eigenvalue weighted by Gasteiger charge is 2.34. The van der Waals surface area contributed by atoms with Gasteiger partial charge in [0.15, 0.2) is 5.69 Å². The molecule has 0 unspecified atom stereocenters. The quantitative estimate of drug-likeness (QED) is 0.519. The van der Waals surface area contributed by atoms with Crippen LogP contribution in [0.5, 0.6) is 0 Å². The second kappa shape index (κ2) is 7.13. The number of hydrogen-bond donors (Lipinski definition) is 2. The number of rotatable bonds is 5. The van der Waals surface area contributed by atoms with E-state index in [0.717, 1.165) is 35.1 Å². The second-order valence-electron chi connectivity index (χ2n) is 5.28. The number of carbonyl (C=O) groups excluding carboxylic acids is 1. The first kappa shape index (κ1) is 18.5. The van der Waals surface area contributed by atoms with Gasteiger partial charge in [0.25, 0.3) is 11.7 Å². The van der Waals surface area contributed by atoms with E-state index in [1.807, 2.05) is 0 Å². The fourth-order valence-electron chi connectivity index (χ4n) is 2.25. The van der Waals surface area contributed by atoms with Gasteiger partial charge >= 0.3 is 6.18 Å². The van der Waals surface area contributed by atoms with Gasteiger partial charge in [0, 0.05) is 19.2 Å². The van der Waals surface area contributed by atoms with Crippen molar-refractivity contribution in [1.29, 1.82) is 0 Å². The molecule has 0 aliphatic rings. The van der Waals surface area contributed by atoms with Gasteiger partial charge in [-0.3, -0.25) is 4.79 Å². The van der Waals surface area contributed by atoms with Gasteiger partial charge in [-0.25, -0.2) is 13.8 Å². The van der Waals surface area contributed by atoms with Crippen LogP contribution in [0.3, 0.4) is 0 Å². The summed E-state index contributed by atoms with van der Waals surface area (Å²) < 4.78 is 66.7. The molecule has 27 heavy (non-hydrogen) atoms. The largest absolute Gasteiger partial charge is 0.433 e. The maximum absolute atomic E-state index is 13.5. The zero-order valence-corrected chi connectivity index (χ0v) is 13.4. The maximum atomic E-state index is 13.5. The lowest BCUT2D eigenvalue weighted by atomic mass is 10.2. The van der Waals surface area contributed by atoms with Crippen LogP contribution in [0.2, 0.25) is 0 Å². The first-order chi connectivity index (χ1) is 12.8. The van der Waals surface area contributed by atoms with Crippen LogP contribution in [-0.4, -0.2) is 38.6 Å². The Morgan fingerprint density at radius 3 is 2.52 bits per heavy atom. The van der Waals surface area contributed by atoms with Crippen molar-refractivity contribution in [2.45, 2.75) is 6.18 Å². The predicted molar refractivity (Wildman–Crippen MR) is 83.0 cm³/mol. The average molecular weight is 386 g/mol. The Balaban J connectivity index is 1.67. The summed E-state index contributed by atoms with van der Waals surface area (Å²) in [6.45, 7) is -0.162. The van der Waals surface area contributed by atoms with Crippen LogP contribution >= 0.6 is 0 Å². The van der Waals surface area contributed by atoms with E-state index in [-0.39, 0.29) is 24.7 Å². The summed E-state index contributed by atoms with van der Waals surface area (Å²) in [5.74, 6) is -3.34. The third kappa shape index (κ3) is 3.93. The summed E-state index contributed by atoms with van der Waals surface area (Å²) in [4.78, 5) is 18.8. The minimum Gasteiger partial charge on any atom is -0.368 e. The van der Waals surface area contributed by atoms with Crippen molar-refractivity contribution in [3.63, 3.8) is 0 Å². The van der Waals surface area contributed by atoms with Gasteiger partial charge < -0.3 is 10.6 Å². The van der Waals surface area contributed by atoms with Crippen molar-refractivity contribution in [2.75, 3.05) is 18.4 Å². The van der Waals surface area contributed by atoms with Crippen LogP contribution < -0.4 is 10.6 Å². The van der Waals surface area contributed by atoms with Crippen LogP contribution in [0.15, 0.2) is 30.6 Å². The summed E-state index contributed by atoms with van der Waals surface area (Å²) in [6, 6.07) is 3.73. The van der Waals surface area contributed by atoms with Crippen molar-refractivity contribution in [3.8, 4) is 0 Å². The van der Waals surface area contributed by atoms with E-state index in [0.29, 0.717) is 0 Å². The second-order valence-corrected chi connectivity index (χ2v) is 5.28. The molecule has 2 N–H and O–H groups in total. The number of carbonyl (C=O) groups is 1. The van der Waals surface area contributed by atoms with E-state index < -0.39 is 35.0 Å². The fraction of sp³-hybridized carbons (Fsp3) is 0.200. The Labute approximate surface area is 148 Å². The van der Waals surface area contributed by atoms with Crippen molar-refractivity contribution in [1.82, 2.24) is 24.9 Å². The van der Waals surface area contributed by atoms with E-state index in [4.69, 9.17) is 0 Å². The van der Waals surface area contributed by atoms with Gasteiger partial charge in [-0.2, -0.15) is 27.8 Å². The molecule has 1 amide bonds. The number of amides is 1. The Hall–Kier alpha value is -3.31. The van der Waals surface area contributed by atoms with Crippen molar-refractivity contribution < 1.29 is 26.7 Å². The number of halogens is 5. The molecular weight excluding hydrogens is 375 g/mol. The van der Waals surface area contributed by atoms with Gasteiger partial charge in [0.1, 0.15) is 29.3 Å². The average Bonchev–Trinajstić information content (AvgIpc) is 3.06. The molecule has 7 nitrogen and oxygen atoms in total. The van der Waals surface area contributed by atoms with E-state index in [1.165, 1.54) is 0 Å². The number of nitrogens with one attached hydrogen (secondary N) is 2. The van der Waals surface area contributed by atoms with Crippen molar-refractivity contribution in [3.05, 3.63) is 53.5 Å². The predicted octanol–water partition coefficient (Wildman–Crippen LogP) is 2.26. The van der Waals surface area contributed by atoms with E-state index in [9.17, 15) is 26.7 Å². The zero-order valence-electron chi connectivity index (χ0n) is 13.4. The van der Waals surface area contributed by atoms with Crippen LogP contribution in [0.4, 0.5) is 27.8 Å². The monoisotopic (exact) mass is 386 g/mol. The fourth-order valence-corrected chi connectivity index (χ4v) is 2.25. The third-order valence-electron chi connectivity index (χ3n) is 3.45. The van der Waals surface area contributed by atoms with E-state index in [1.54, 1.807) is 0 Å². The molecule has 3 rings (SSSR count). The molecule has 0 spiro atoms.